The van der Waals surface area contributed by atoms with E-state index < -0.39 is 19.8 Å². The Morgan fingerprint density at radius 3 is 2.43 bits per heavy atom. The lowest BCUT2D eigenvalue weighted by molar-refractivity contribution is -0.137. The predicted octanol–water partition coefficient (Wildman–Crippen LogP) is 5.80. The molecule has 0 aliphatic rings. The lowest BCUT2D eigenvalue weighted by Gasteiger charge is -2.25. The smallest absolute Gasteiger partial charge is 0.361 e. The SMILES string of the molecule is CC(OCn1ccc2cc(C(F)(F)F)cc(CBr)c21)[Si](C)(C)C. The maximum atomic E-state index is 13.0. The number of hydrogen-bond donors (Lipinski definition) is 0. The highest BCUT2D eigenvalue weighted by atomic mass is 79.9. The van der Waals surface area contributed by atoms with E-state index in [0.717, 1.165) is 5.52 Å². The molecule has 128 valence electrons. The van der Waals surface area contributed by atoms with E-state index in [1.165, 1.54) is 12.1 Å². The molecule has 1 aromatic carbocycles. The van der Waals surface area contributed by atoms with Crippen LogP contribution < -0.4 is 0 Å². The van der Waals surface area contributed by atoms with Crippen molar-refractivity contribution in [1.29, 1.82) is 0 Å². The number of nitrogens with zero attached hydrogens (tertiary/aromatic N) is 1. The second kappa shape index (κ2) is 6.61. The molecule has 1 atom stereocenters. The van der Waals surface area contributed by atoms with Crippen molar-refractivity contribution in [1.82, 2.24) is 4.57 Å². The van der Waals surface area contributed by atoms with Gasteiger partial charge in [0.05, 0.1) is 19.2 Å². The third kappa shape index (κ3) is 4.19. The molecule has 2 nitrogen and oxygen atoms in total. The average molecular weight is 408 g/mol. The van der Waals surface area contributed by atoms with Crippen molar-refractivity contribution in [3.8, 4) is 0 Å². The van der Waals surface area contributed by atoms with Crippen LogP contribution in [-0.2, 0) is 23.0 Å². The van der Waals surface area contributed by atoms with Crippen LogP contribution in [-0.4, -0.2) is 18.4 Å². The summed E-state index contributed by atoms with van der Waals surface area (Å²) in [7, 11) is -1.41. The van der Waals surface area contributed by atoms with Crippen molar-refractivity contribution in [2.45, 2.75) is 50.5 Å². The zero-order valence-corrected chi connectivity index (χ0v) is 16.3. The number of rotatable bonds is 5. The van der Waals surface area contributed by atoms with Gasteiger partial charge in [-0.25, -0.2) is 0 Å². The van der Waals surface area contributed by atoms with E-state index in [1.807, 2.05) is 4.57 Å². The Morgan fingerprint density at radius 1 is 1.26 bits per heavy atom. The summed E-state index contributed by atoms with van der Waals surface area (Å²) in [6.07, 6.45) is -2.55. The first-order valence-corrected chi connectivity index (χ1v) is 12.1. The Kier molecular flexibility index (Phi) is 5.33. The van der Waals surface area contributed by atoms with Crippen LogP contribution in [0.1, 0.15) is 18.1 Å². The minimum Gasteiger partial charge on any atom is -0.361 e. The molecule has 0 spiro atoms. The average Bonchev–Trinajstić information content (AvgIpc) is 2.84. The quantitative estimate of drug-likeness (QED) is 0.451. The number of halogens is 4. The Balaban J connectivity index is 2.36. The molecule has 0 radical (unpaired) electrons. The van der Waals surface area contributed by atoms with Gasteiger partial charge >= 0.3 is 6.18 Å². The molecule has 1 unspecified atom stereocenters. The molecule has 0 amide bonds. The summed E-state index contributed by atoms with van der Waals surface area (Å²) in [4.78, 5) is 0. The summed E-state index contributed by atoms with van der Waals surface area (Å²) in [5.74, 6) is 0. The highest BCUT2D eigenvalue weighted by molar-refractivity contribution is 9.08. The maximum absolute atomic E-state index is 13.0. The molecule has 0 bridgehead atoms. The molecule has 0 aliphatic carbocycles. The topological polar surface area (TPSA) is 14.2 Å². The largest absolute Gasteiger partial charge is 0.416 e. The van der Waals surface area contributed by atoms with Gasteiger partial charge in [-0.05, 0) is 30.7 Å². The van der Waals surface area contributed by atoms with Gasteiger partial charge in [0.2, 0.25) is 0 Å². The van der Waals surface area contributed by atoms with Crippen molar-refractivity contribution in [2.24, 2.45) is 0 Å². The van der Waals surface area contributed by atoms with Gasteiger partial charge in [-0.1, -0.05) is 35.6 Å². The highest BCUT2D eigenvalue weighted by Crippen LogP contribution is 2.34. The van der Waals surface area contributed by atoms with Gasteiger partial charge in [0.25, 0.3) is 0 Å². The van der Waals surface area contributed by atoms with Crippen molar-refractivity contribution < 1.29 is 17.9 Å². The van der Waals surface area contributed by atoms with Crippen LogP contribution >= 0.6 is 15.9 Å². The minimum atomic E-state index is -4.34. The summed E-state index contributed by atoms with van der Waals surface area (Å²) in [5, 5.41) is 0.944. The Labute approximate surface area is 143 Å². The molecule has 2 rings (SSSR count). The van der Waals surface area contributed by atoms with E-state index in [9.17, 15) is 13.2 Å². The van der Waals surface area contributed by atoms with Crippen LogP contribution in [0.15, 0.2) is 24.4 Å². The monoisotopic (exact) mass is 407 g/mol. The fourth-order valence-electron chi connectivity index (χ4n) is 2.26. The number of fused-ring (bicyclic) bond motifs is 1. The van der Waals surface area contributed by atoms with Gasteiger partial charge in [0.15, 0.2) is 0 Å². The molecule has 7 heteroatoms. The van der Waals surface area contributed by atoms with Crippen LogP contribution in [0.2, 0.25) is 19.6 Å². The fourth-order valence-corrected chi connectivity index (χ4v) is 3.26. The number of hydrogen-bond acceptors (Lipinski definition) is 1. The van der Waals surface area contributed by atoms with E-state index in [2.05, 4.69) is 42.5 Å². The first-order chi connectivity index (χ1) is 10.5. The van der Waals surface area contributed by atoms with Gasteiger partial charge in [0.1, 0.15) is 6.73 Å². The van der Waals surface area contributed by atoms with Crippen LogP contribution in [0, 0.1) is 0 Å². The molecule has 0 N–H and O–H groups in total. The van der Waals surface area contributed by atoms with E-state index in [4.69, 9.17) is 4.74 Å². The van der Waals surface area contributed by atoms with Gasteiger partial charge in [-0.3, -0.25) is 0 Å². The molecule has 1 aromatic heterocycles. The normalized spacial score (nSPS) is 14.4. The Hall–Kier alpha value is -0.793. The minimum absolute atomic E-state index is 0.168. The lowest BCUT2D eigenvalue weighted by Crippen LogP contribution is -2.38. The number of benzene rings is 1. The second-order valence-corrected chi connectivity index (χ2v) is 12.9. The summed E-state index contributed by atoms with van der Waals surface area (Å²) < 4.78 is 46.8. The Bertz CT molecular complexity index is 691. The molecule has 1 heterocycles. The molecule has 0 saturated carbocycles. The van der Waals surface area contributed by atoms with Gasteiger partial charge < -0.3 is 9.30 Å². The van der Waals surface area contributed by atoms with Crippen molar-refractivity contribution in [3.05, 3.63) is 35.5 Å². The van der Waals surface area contributed by atoms with E-state index in [-0.39, 0.29) is 5.73 Å². The van der Waals surface area contributed by atoms with Crippen LogP contribution in [0.4, 0.5) is 13.2 Å². The summed E-state index contributed by atoms with van der Waals surface area (Å²) in [6, 6.07) is 4.11. The summed E-state index contributed by atoms with van der Waals surface area (Å²) in [5.41, 5.74) is 0.956. The predicted molar refractivity (Wildman–Crippen MR) is 93.5 cm³/mol. The molecular formula is C16H21BrF3NOSi. The first kappa shape index (κ1) is 18.5. The van der Waals surface area contributed by atoms with Crippen LogP contribution in [0.25, 0.3) is 10.9 Å². The fraction of sp³-hybridized carbons (Fsp3) is 0.500. The van der Waals surface area contributed by atoms with E-state index in [1.54, 1.807) is 12.3 Å². The third-order valence-corrected chi connectivity index (χ3v) is 7.30. The lowest BCUT2D eigenvalue weighted by atomic mass is 10.1. The van der Waals surface area contributed by atoms with Crippen molar-refractivity contribution >= 4 is 34.9 Å². The molecule has 0 fully saturated rings. The number of aromatic nitrogens is 1. The number of alkyl halides is 4. The third-order valence-electron chi connectivity index (χ3n) is 4.09. The highest BCUT2D eigenvalue weighted by Gasteiger charge is 2.31. The zero-order valence-electron chi connectivity index (χ0n) is 13.7. The van der Waals surface area contributed by atoms with Crippen molar-refractivity contribution in [2.75, 3.05) is 0 Å². The number of ether oxygens (including phenoxy) is 1. The molecular weight excluding hydrogens is 387 g/mol. The Morgan fingerprint density at radius 2 is 1.91 bits per heavy atom. The van der Waals surface area contributed by atoms with Gasteiger partial charge in [-0.15, -0.1) is 0 Å². The van der Waals surface area contributed by atoms with Crippen molar-refractivity contribution in [3.63, 3.8) is 0 Å². The molecule has 23 heavy (non-hydrogen) atoms. The van der Waals surface area contributed by atoms with E-state index >= 15 is 0 Å². The molecule has 0 aliphatic heterocycles. The van der Waals surface area contributed by atoms with Gasteiger partial charge in [0, 0.05) is 22.6 Å². The summed E-state index contributed by atoms with van der Waals surface area (Å²) >= 11 is 3.30. The van der Waals surface area contributed by atoms with Crippen LogP contribution in [0.5, 0.6) is 0 Å². The molecule has 0 saturated heterocycles. The first-order valence-electron chi connectivity index (χ1n) is 7.40. The van der Waals surface area contributed by atoms with Crippen LogP contribution in [0.3, 0.4) is 0 Å². The second-order valence-electron chi connectivity index (χ2n) is 6.79. The summed E-state index contributed by atoms with van der Waals surface area (Å²) in [6.45, 7) is 9.09. The van der Waals surface area contributed by atoms with E-state index in [0.29, 0.717) is 23.0 Å². The molecule has 2 aromatic rings. The zero-order chi connectivity index (χ0) is 17.4. The maximum Gasteiger partial charge on any atom is 0.416 e. The standard InChI is InChI=1S/C16H21BrF3NOSi/c1-11(23(2,3)4)22-10-21-6-5-12-7-14(16(18,19)20)8-13(9-17)15(12)21/h5-8,11H,9-10H2,1-4H3. The van der Waals surface area contributed by atoms with Gasteiger partial charge in [-0.2, -0.15) is 13.2 Å².